The van der Waals surface area contributed by atoms with Crippen molar-refractivity contribution >= 4 is 23.5 Å². The van der Waals surface area contributed by atoms with Crippen molar-refractivity contribution in [2.45, 2.75) is 44.6 Å². The Bertz CT molecular complexity index is 715. The van der Waals surface area contributed by atoms with Gasteiger partial charge in [0.25, 0.3) is 5.91 Å². The van der Waals surface area contributed by atoms with Crippen molar-refractivity contribution in [2.24, 2.45) is 5.92 Å². The van der Waals surface area contributed by atoms with Crippen LogP contribution in [0.2, 0.25) is 0 Å². The molecule has 0 bridgehead atoms. The lowest BCUT2D eigenvalue weighted by Gasteiger charge is -2.33. The van der Waals surface area contributed by atoms with E-state index in [-0.39, 0.29) is 17.8 Å². The van der Waals surface area contributed by atoms with Crippen LogP contribution in [0.15, 0.2) is 24.3 Å². The Morgan fingerprint density at radius 2 is 2.11 bits per heavy atom. The maximum absolute atomic E-state index is 13.0. The van der Waals surface area contributed by atoms with Crippen LogP contribution in [0.5, 0.6) is 0 Å². The molecule has 2 N–H and O–H groups in total. The first kappa shape index (κ1) is 20.3. The van der Waals surface area contributed by atoms with Crippen LogP contribution >= 0.6 is 0 Å². The molecule has 2 amide bonds. The molecule has 0 spiro atoms. The molecule has 3 rings (SSSR count). The number of methoxy groups -OCH3 is 1. The molecule has 2 heterocycles. The zero-order valence-electron chi connectivity index (χ0n) is 16.4. The number of rotatable bonds is 6. The van der Waals surface area contributed by atoms with E-state index in [0.29, 0.717) is 36.6 Å². The minimum Gasteiger partial charge on any atom is -0.467 e. The second-order valence-corrected chi connectivity index (χ2v) is 7.56. The van der Waals surface area contributed by atoms with Crippen LogP contribution in [0.25, 0.3) is 0 Å². The number of amides is 2. The molecule has 2 fully saturated rings. The molecule has 0 aromatic heterocycles. The van der Waals surface area contributed by atoms with Crippen LogP contribution in [0.1, 0.15) is 48.9 Å². The number of nitrogens with one attached hydrogen (secondary N) is 2. The van der Waals surface area contributed by atoms with Crippen LogP contribution in [-0.2, 0) is 14.3 Å². The van der Waals surface area contributed by atoms with Gasteiger partial charge in [0.15, 0.2) is 0 Å². The molecule has 0 radical (unpaired) electrons. The third-order valence-corrected chi connectivity index (χ3v) is 5.57. The fourth-order valence-corrected chi connectivity index (χ4v) is 3.97. The molecule has 0 aliphatic carbocycles. The monoisotopic (exact) mass is 387 g/mol. The number of carbonyl (C=O) groups excluding carboxylic acids is 3. The Balaban J connectivity index is 1.62. The summed E-state index contributed by atoms with van der Waals surface area (Å²) in [7, 11) is 1.34. The van der Waals surface area contributed by atoms with E-state index in [1.54, 1.807) is 29.2 Å². The van der Waals surface area contributed by atoms with Crippen LogP contribution in [0, 0.1) is 5.92 Å². The van der Waals surface area contributed by atoms with Gasteiger partial charge in [0, 0.05) is 24.2 Å². The summed E-state index contributed by atoms with van der Waals surface area (Å²) in [6.07, 6.45) is 4.84. The normalized spacial score (nSPS) is 22.0. The Labute approximate surface area is 165 Å². The highest BCUT2D eigenvalue weighted by molar-refractivity contribution is 5.99. The van der Waals surface area contributed by atoms with Gasteiger partial charge in [0.1, 0.15) is 6.04 Å². The molecular formula is C21H29N3O4. The van der Waals surface area contributed by atoms with Crippen molar-refractivity contribution in [3.63, 3.8) is 0 Å². The molecule has 1 aromatic rings. The molecule has 152 valence electrons. The van der Waals surface area contributed by atoms with Crippen LogP contribution < -0.4 is 10.6 Å². The van der Waals surface area contributed by atoms with Gasteiger partial charge >= 0.3 is 5.97 Å². The van der Waals surface area contributed by atoms with E-state index in [0.717, 1.165) is 38.8 Å². The Morgan fingerprint density at radius 3 is 2.86 bits per heavy atom. The van der Waals surface area contributed by atoms with Crippen molar-refractivity contribution in [3.8, 4) is 0 Å². The summed E-state index contributed by atoms with van der Waals surface area (Å²) in [5, 5.41) is 6.19. The average Bonchev–Trinajstić information content (AvgIpc) is 3.25. The Morgan fingerprint density at radius 1 is 1.25 bits per heavy atom. The topological polar surface area (TPSA) is 87.7 Å². The standard InChI is InChI=1S/C21H29N3O4/c1-28-21(27)18-7-2-3-12-24(18)20(26)16-5-4-6-17(13-16)23-19(25)9-8-15-10-11-22-14-15/h4-6,13,15,18,22H,2-3,7-12,14H2,1H3,(H,23,25). The zero-order valence-corrected chi connectivity index (χ0v) is 16.4. The number of benzene rings is 1. The highest BCUT2D eigenvalue weighted by Crippen LogP contribution is 2.22. The predicted molar refractivity (Wildman–Crippen MR) is 106 cm³/mol. The third kappa shape index (κ3) is 5.10. The highest BCUT2D eigenvalue weighted by atomic mass is 16.5. The number of hydrogen-bond acceptors (Lipinski definition) is 5. The number of nitrogens with zero attached hydrogens (tertiary/aromatic N) is 1. The lowest BCUT2D eigenvalue weighted by Crippen LogP contribution is -2.48. The summed E-state index contributed by atoms with van der Waals surface area (Å²) < 4.78 is 4.86. The maximum atomic E-state index is 13.0. The van der Waals surface area contributed by atoms with E-state index < -0.39 is 6.04 Å². The zero-order chi connectivity index (χ0) is 19.9. The second kappa shape index (κ2) is 9.68. The number of anilines is 1. The van der Waals surface area contributed by atoms with Crippen molar-refractivity contribution in [1.29, 1.82) is 0 Å². The van der Waals surface area contributed by atoms with E-state index in [1.807, 2.05) is 0 Å². The van der Waals surface area contributed by atoms with Crippen LogP contribution in [-0.4, -0.2) is 55.5 Å². The van der Waals surface area contributed by atoms with Gasteiger partial charge in [-0.2, -0.15) is 0 Å². The molecule has 0 saturated carbocycles. The third-order valence-electron chi connectivity index (χ3n) is 5.57. The quantitative estimate of drug-likeness (QED) is 0.731. The molecule has 2 aliphatic heterocycles. The first-order valence-electron chi connectivity index (χ1n) is 10.1. The van der Waals surface area contributed by atoms with Crippen LogP contribution in [0.4, 0.5) is 5.69 Å². The lowest BCUT2D eigenvalue weighted by molar-refractivity contribution is -0.147. The summed E-state index contributed by atoms with van der Waals surface area (Å²) in [5.41, 5.74) is 1.07. The molecule has 2 saturated heterocycles. The minimum atomic E-state index is -0.537. The first-order chi connectivity index (χ1) is 13.6. The summed E-state index contributed by atoms with van der Waals surface area (Å²) >= 11 is 0. The van der Waals surface area contributed by atoms with Gasteiger partial charge in [-0.25, -0.2) is 4.79 Å². The predicted octanol–water partition coefficient (Wildman–Crippen LogP) is 2.18. The van der Waals surface area contributed by atoms with Crippen LogP contribution in [0.3, 0.4) is 0 Å². The molecule has 1 aromatic carbocycles. The maximum Gasteiger partial charge on any atom is 0.328 e. The molecular weight excluding hydrogens is 358 g/mol. The minimum absolute atomic E-state index is 0.0399. The van der Waals surface area contributed by atoms with Gasteiger partial charge in [0.05, 0.1) is 7.11 Å². The molecule has 2 atom stereocenters. The van der Waals surface area contributed by atoms with E-state index in [1.165, 1.54) is 7.11 Å². The van der Waals surface area contributed by atoms with Crippen molar-refractivity contribution in [1.82, 2.24) is 10.2 Å². The molecule has 28 heavy (non-hydrogen) atoms. The number of esters is 1. The smallest absolute Gasteiger partial charge is 0.328 e. The first-order valence-corrected chi connectivity index (χ1v) is 10.1. The van der Waals surface area contributed by atoms with Gasteiger partial charge in [0.2, 0.25) is 5.91 Å². The fraction of sp³-hybridized carbons (Fsp3) is 0.571. The second-order valence-electron chi connectivity index (χ2n) is 7.56. The Kier molecular flexibility index (Phi) is 7.03. The van der Waals surface area contributed by atoms with Crippen molar-refractivity contribution in [2.75, 3.05) is 32.1 Å². The van der Waals surface area contributed by atoms with E-state index in [9.17, 15) is 14.4 Å². The molecule has 2 unspecified atom stereocenters. The number of hydrogen-bond donors (Lipinski definition) is 2. The van der Waals surface area contributed by atoms with Crippen molar-refractivity contribution < 1.29 is 19.1 Å². The highest BCUT2D eigenvalue weighted by Gasteiger charge is 2.33. The number of ether oxygens (including phenoxy) is 1. The van der Waals surface area contributed by atoms with Gasteiger partial charge in [-0.3, -0.25) is 9.59 Å². The van der Waals surface area contributed by atoms with Gasteiger partial charge in [-0.1, -0.05) is 6.07 Å². The summed E-state index contributed by atoms with van der Waals surface area (Å²) in [6, 6.07) is 6.39. The molecule has 2 aliphatic rings. The number of likely N-dealkylation sites (tertiary alicyclic amines) is 1. The largest absolute Gasteiger partial charge is 0.467 e. The van der Waals surface area contributed by atoms with Gasteiger partial charge in [-0.15, -0.1) is 0 Å². The number of piperidine rings is 1. The van der Waals surface area contributed by atoms with E-state index in [2.05, 4.69) is 10.6 Å². The lowest BCUT2D eigenvalue weighted by atomic mass is 10.0. The van der Waals surface area contributed by atoms with Gasteiger partial charge in [-0.05, 0) is 69.3 Å². The summed E-state index contributed by atoms with van der Waals surface area (Å²) in [6.45, 7) is 2.54. The van der Waals surface area contributed by atoms with Gasteiger partial charge < -0.3 is 20.3 Å². The summed E-state index contributed by atoms with van der Waals surface area (Å²) in [5.74, 6) is -0.0583. The Hall–Kier alpha value is -2.41. The van der Waals surface area contributed by atoms with Crippen molar-refractivity contribution in [3.05, 3.63) is 29.8 Å². The summed E-state index contributed by atoms with van der Waals surface area (Å²) in [4.78, 5) is 38.8. The molecule has 7 heteroatoms. The molecule has 7 nitrogen and oxygen atoms in total. The van der Waals surface area contributed by atoms with E-state index in [4.69, 9.17) is 4.74 Å². The number of carbonyl (C=O) groups is 3. The average molecular weight is 387 g/mol. The SMILES string of the molecule is COC(=O)C1CCCCN1C(=O)c1cccc(NC(=O)CCC2CCNC2)c1. The van der Waals surface area contributed by atoms with E-state index >= 15 is 0 Å². The fourth-order valence-electron chi connectivity index (χ4n) is 3.97.